The molecule has 2 rings (SSSR count). The van der Waals surface area contributed by atoms with E-state index in [1.165, 1.54) is 9.21 Å². The van der Waals surface area contributed by atoms with Crippen molar-refractivity contribution in [3.05, 3.63) is 17.7 Å². The van der Waals surface area contributed by atoms with Gasteiger partial charge in [0, 0.05) is 31.7 Å². The maximum atomic E-state index is 12.4. The molecule has 0 aliphatic carbocycles. The molecule has 0 bridgehead atoms. The van der Waals surface area contributed by atoms with Gasteiger partial charge in [0.1, 0.15) is 0 Å². The van der Waals surface area contributed by atoms with E-state index < -0.39 is 33.2 Å². The van der Waals surface area contributed by atoms with Gasteiger partial charge in [-0.15, -0.1) is 0 Å². The van der Waals surface area contributed by atoms with Gasteiger partial charge in [0.2, 0.25) is 10.0 Å². The van der Waals surface area contributed by atoms with Crippen molar-refractivity contribution in [3.8, 4) is 17.2 Å². The Balaban J connectivity index is 2.03. The molecule has 0 saturated carbocycles. The van der Waals surface area contributed by atoms with Crippen LogP contribution in [0.25, 0.3) is 0 Å². The number of rotatable bonds is 5. The van der Waals surface area contributed by atoms with E-state index in [9.17, 15) is 28.5 Å². The predicted molar refractivity (Wildman–Crippen MR) is 87.6 cm³/mol. The maximum absolute atomic E-state index is 12.4. The number of phenolic OH excluding ortho intramolecular Hbond substituents is 3. The number of piperazine rings is 1. The van der Waals surface area contributed by atoms with Gasteiger partial charge in [-0.05, 0) is 18.6 Å². The number of nitrogens with zero attached hydrogens (tertiary/aromatic N) is 2. The Morgan fingerprint density at radius 1 is 1.08 bits per heavy atom. The monoisotopic (exact) mass is 358 g/mol. The van der Waals surface area contributed by atoms with Crippen LogP contribution in [0, 0.1) is 0 Å². The highest BCUT2D eigenvalue weighted by Crippen LogP contribution is 2.35. The number of amides is 1. The molecule has 8 nitrogen and oxygen atoms in total. The van der Waals surface area contributed by atoms with Crippen LogP contribution in [0.3, 0.4) is 0 Å². The number of sulfonamides is 1. The normalized spacial score (nSPS) is 16.3. The molecule has 1 saturated heterocycles. The second-order valence-corrected chi connectivity index (χ2v) is 7.81. The zero-order chi connectivity index (χ0) is 17.9. The van der Waals surface area contributed by atoms with Gasteiger partial charge in [-0.2, -0.15) is 4.31 Å². The summed E-state index contributed by atoms with van der Waals surface area (Å²) in [7, 11) is -3.30. The van der Waals surface area contributed by atoms with Crippen molar-refractivity contribution < 1.29 is 28.5 Å². The number of carbonyl (C=O) groups is 1. The fraction of sp³-hybridized carbons (Fsp3) is 0.533. The molecule has 9 heteroatoms. The number of carbonyl (C=O) groups excluding carboxylic acids is 1. The highest BCUT2D eigenvalue weighted by molar-refractivity contribution is 7.89. The summed E-state index contributed by atoms with van der Waals surface area (Å²) in [4.78, 5) is 13.9. The summed E-state index contributed by atoms with van der Waals surface area (Å²) in [5.74, 6) is -2.18. The molecule has 1 aliphatic heterocycles. The van der Waals surface area contributed by atoms with Crippen molar-refractivity contribution in [1.82, 2.24) is 9.21 Å². The molecule has 1 aliphatic rings. The number of hydrogen-bond acceptors (Lipinski definition) is 6. The van der Waals surface area contributed by atoms with Crippen molar-refractivity contribution in [2.45, 2.75) is 19.8 Å². The third-order valence-electron chi connectivity index (χ3n) is 3.99. The summed E-state index contributed by atoms with van der Waals surface area (Å²) >= 11 is 0. The third-order valence-corrected chi connectivity index (χ3v) is 5.95. The first kappa shape index (κ1) is 18.3. The topological polar surface area (TPSA) is 118 Å². The highest BCUT2D eigenvalue weighted by Gasteiger charge is 2.29. The summed E-state index contributed by atoms with van der Waals surface area (Å²) in [6.45, 7) is 2.81. The molecule has 134 valence electrons. The second kappa shape index (κ2) is 7.27. The van der Waals surface area contributed by atoms with Crippen LogP contribution >= 0.6 is 0 Å². The summed E-state index contributed by atoms with van der Waals surface area (Å²) in [6, 6.07) is 2.14. The molecule has 3 N–H and O–H groups in total. The molecule has 0 unspecified atom stereocenters. The predicted octanol–water partition coefficient (Wildman–Crippen LogP) is 0.691. The van der Waals surface area contributed by atoms with E-state index in [1.54, 1.807) is 0 Å². The summed E-state index contributed by atoms with van der Waals surface area (Å²) < 4.78 is 25.7. The first-order valence-corrected chi connectivity index (χ1v) is 9.39. The third kappa shape index (κ3) is 3.90. The molecule has 1 heterocycles. The Labute approximate surface area is 141 Å². The molecule has 24 heavy (non-hydrogen) atoms. The molecule has 1 amide bonds. The largest absolute Gasteiger partial charge is 0.504 e. The van der Waals surface area contributed by atoms with Gasteiger partial charge in [-0.1, -0.05) is 13.3 Å². The minimum absolute atomic E-state index is 0.0325. The lowest BCUT2D eigenvalue weighted by Crippen LogP contribution is -2.51. The minimum atomic E-state index is -3.30. The molecule has 1 aromatic rings. The van der Waals surface area contributed by atoms with Gasteiger partial charge >= 0.3 is 0 Å². The molecule has 0 atom stereocenters. The lowest BCUT2D eigenvalue weighted by Gasteiger charge is -2.34. The van der Waals surface area contributed by atoms with Crippen LogP contribution in [0.4, 0.5) is 0 Å². The van der Waals surface area contributed by atoms with Crippen LogP contribution in [-0.2, 0) is 10.0 Å². The van der Waals surface area contributed by atoms with Crippen molar-refractivity contribution in [2.75, 3.05) is 31.9 Å². The summed E-state index contributed by atoms with van der Waals surface area (Å²) in [6.07, 6.45) is 1.40. The zero-order valence-corrected chi connectivity index (χ0v) is 14.3. The zero-order valence-electron chi connectivity index (χ0n) is 13.5. The van der Waals surface area contributed by atoms with Crippen LogP contribution in [0.1, 0.15) is 30.1 Å². The first-order valence-electron chi connectivity index (χ1n) is 7.78. The Morgan fingerprint density at radius 3 is 2.12 bits per heavy atom. The Kier molecular flexibility index (Phi) is 5.55. The number of aromatic hydroxyl groups is 3. The van der Waals surface area contributed by atoms with E-state index >= 15 is 0 Å². The lowest BCUT2D eigenvalue weighted by molar-refractivity contribution is 0.0697. The average molecular weight is 358 g/mol. The van der Waals surface area contributed by atoms with Gasteiger partial charge in [-0.3, -0.25) is 4.79 Å². The first-order chi connectivity index (χ1) is 11.3. The number of benzene rings is 1. The molecule has 0 radical (unpaired) electrons. The second-order valence-electron chi connectivity index (χ2n) is 5.72. The van der Waals surface area contributed by atoms with Gasteiger partial charge in [0.15, 0.2) is 17.2 Å². The quantitative estimate of drug-likeness (QED) is 0.667. The van der Waals surface area contributed by atoms with E-state index in [1.807, 2.05) is 6.92 Å². The van der Waals surface area contributed by atoms with E-state index in [-0.39, 0.29) is 37.5 Å². The van der Waals surface area contributed by atoms with Crippen molar-refractivity contribution in [3.63, 3.8) is 0 Å². The molecule has 1 fully saturated rings. The van der Waals surface area contributed by atoms with Crippen molar-refractivity contribution in [2.24, 2.45) is 0 Å². The fourth-order valence-corrected chi connectivity index (χ4v) is 4.17. The number of unbranched alkanes of at least 4 members (excludes halogenated alkanes) is 1. The van der Waals surface area contributed by atoms with Crippen LogP contribution in [-0.4, -0.2) is 70.8 Å². The van der Waals surface area contributed by atoms with Crippen LogP contribution < -0.4 is 0 Å². The molecular formula is C15H22N2O6S. The highest BCUT2D eigenvalue weighted by atomic mass is 32.2. The molecule has 0 spiro atoms. The van der Waals surface area contributed by atoms with Gasteiger partial charge in [0.05, 0.1) is 5.75 Å². The smallest absolute Gasteiger partial charge is 0.254 e. The molecule has 0 aromatic heterocycles. The molecule has 1 aromatic carbocycles. The maximum Gasteiger partial charge on any atom is 0.254 e. The van der Waals surface area contributed by atoms with Crippen LogP contribution in [0.5, 0.6) is 17.2 Å². The lowest BCUT2D eigenvalue weighted by atomic mass is 10.1. The van der Waals surface area contributed by atoms with Crippen LogP contribution in [0.15, 0.2) is 12.1 Å². The fourth-order valence-electron chi connectivity index (χ4n) is 2.54. The standard InChI is InChI=1S/C15H22N2O6S/c1-2-3-8-24(22,23)17-6-4-16(5-7-17)15(21)11-9-12(18)14(20)13(19)10-11/h9-10,18-20H,2-8H2,1H3. The van der Waals surface area contributed by atoms with Gasteiger partial charge in [0.25, 0.3) is 5.91 Å². The Bertz CT molecular complexity index is 688. The van der Waals surface area contributed by atoms with Crippen molar-refractivity contribution in [1.29, 1.82) is 0 Å². The summed E-state index contributed by atoms with van der Waals surface area (Å²) in [5.41, 5.74) is 0.0325. The van der Waals surface area contributed by atoms with E-state index in [0.29, 0.717) is 6.42 Å². The van der Waals surface area contributed by atoms with E-state index in [4.69, 9.17) is 0 Å². The Morgan fingerprint density at radius 2 is 1.62 bits per heavy atom. The minimum Gasteiger partial charge on any atom is -0.504 e. The van der Waals surface area contributed by atoms with E-state index in [0.717, 1.165) is 18.6 Å². The number of hydrogen-bond donors (Lipinski definition) is 3. The van der Waals surface area contributed by atoms with Crippen molar-refractivity contribution >= 4 is 15.9 Å². The van der Waals surface area contributed by atoms with E-state index in [2.05, 4.69) is 0 Å². The number of phenols is 3. The summed E-state index contributed by atoms with van der Waals surface area (Å²) in [5, 5.41) is 28.3. The van der Waals surface area contributed by atoms with Gasteiger partial charge < -0.3 is 20.2 Å². The SMILES string of the molecule is CCCCS(=O)(=O)N1CCN(C(=O)c2cc(O)c(O)c(O)c2)CC1. The average Bonchev–Trinajstić information content (AvgIpc) is 2.57. The van der Waals surface area contributed by atoms with Gasteiger partial charge in [-0.25, -0.2) is 8.42 Å². The Hall–Kier alpha value is -2.00. The molecular weight excluding hydrogens is 336 g/mol. The van der Waals surface area contributed by atoms with Crippen LogP contribution in [0.2, 0.25) is 0 Å².